The fourth-order valence-corrected chi connectivity index (χ4v) is 2.47. The predicted molar refractivity (Wildman–Crippen MR) is 90.6 cm³/mol. The summed E-state index contributed by atoms with van der Waals surface area (Å²) in [5, 5.41) is 4.67. The minimum atomic E-state index is 0.960. The van der Waals surface area contributed by atoms with Crippen LogP contribution in [-0.2, 0) is 0 Å². The monoisotopic (exact) mass is 276 g/mol. The van der Waals surface area contributed by atoms with Gasteiger partial charge in [-0.3, -0.25) is 0 Å². The Morgan fingerprint density at radius 1 is 0.952 bits per heavy atom. The van der Waals surface area contributed by atoms with Gasteiger partial charge in [-0.15, -0.1) is 0 Å². The fourth-order valence-electron chi connectivity index (χ4n) is 2.47. The average Bonchev–Trinajstić information content (AvgIpc) is 2.55. The van der Waals surface area contributed by atoms with E-state index in [1.807, 2.05) is 12.1 Å². The first-order chi connectivity index (χ1) is 10.4. The van der Waals surface area contributed by atoms with Crippen molar-refractivity contribution in [3.8, 4) is 11.1 Å². The van der Waals surface area contributed by atoms with E-state index >= 15 is 0 Å². The number of nitrogens with zero attached hydrogens (tertiary/aromatic N) is 1. The summed E-state index contributed by atoms with van der Waals surface area (Å²) in [4.78, 5) is 4.81. The lowest BCUT2D eigenvalue weighted by Crippen LogP contribution is -2.04. The molecule has 0 aliphatic rings. The lowest BCUT2D eigenvalue weighted by molar-refractivity contribution is 0.832. The van der Waals surface area contributed by atoms with Gasteiger partial charge in [0.05, 0.1) is 5.52 Å². The Labute approximate surface area is 125 Å². The van der Waals surface area contributed by atoms with Gasteiger partial charge >= 0.3 is 0 Å². The molecule has 3 rings (SSSR count). The van der Waals surface area contributed by atoms with Crippen molar-refractivity contribution in [3.05, 3.63) is 60.7 Å². The minimum absolute atomic E-state index is 0.960. The largest absolute Gasteiger partial charge is 0.370 e. The molecular weight excluding hydrogens is 256 g/mol. The first-order valence-corrected chi connectivity index (χ1v) is 7.57. The van der Waals surface area contributed by atoms with Crippen molar-refractivity contribution >= 4 is 16.7 Å². The van der Waals surface area contributed by atoms with E-state index in [1.54, 1.807) is 0 Å². The fraction of sp³-hybridized carbons (Fsp3) is 0.211. The molecule has 0 aliphatic heterocycles. The Bertz CT molecular complexity index is 720. The number of benzene rings is 2. The second-order valence-electron chi connectivity index (χ2n) is 5.22. The minimum Gasteiger partial charge on any atom is -0.370 e. The van der Waals surface area contributed by atoms with Crippen molar-refractivity contribution in [2.45, 2.75) is 19.8 Å². The number of rotatable bonds is 5. The summed E-state index contributed by atoms with van der Waals surface area (Å²) in [6.07, 6.45) is 2.34. The molecule has 1 heterocycles. The van der Waals surface area contributed by atoms with E-state index in [9.17, 15) is 0 Å². The third kappa shape index (κ3) is 3.05. The molecule has 0 aliphatic carbocycles. The molecule has 21 heavy (non-hydrogen) atoms. The lowest BCUT2D eigenvalue weighted by atomic mass is 10.0. The van der Waals surface area contributed by atoms with E-state index in [-0.39, 0.29) is 0 Å². The molecule has 0 fully saturated rings. The third-order valence-corrected chi connectivity index (χ3v) is 3.63. The van der Waals surface area contributed by atoms with Crippen molar-refractivity contribution < 1.29 is 0 Å². The molecule has 0 saturated carbocycles. The van der Waals surface area contributed by atoms with Gasteiger partial charge in [-0.05, 0) is 24.1 Å². The molecule has 106 valence electrons. The van der Waals surface area contributed by atoms with Crippen LogP contribution in [-0.4, -0.2) is 11.5 Å². The third-order valence-electron chi connectivity index (χ3n) is 3.63. The van der Waals surface area contributed by atoms with E-state index in [2.05, 4.69) is 60.8 Å². The van der Waals surface area contributed by atoms with Gasteiger partial charge in [-0.2, -0.15) is 0 Å². The highest BCUT2D eigenvalue weighted by Crippen LogP contribution is 2.29. The molecule has 0 spiro atoms. The molecule has 1 N–H and O–H groups in total. The average molecular weight is 276 g/mol. The first-order valence-electron chi connectivity index (χ1n) is 7.57. The molecule has 2 aromatic carbocycles. The summed E-state index contributed by atoms with van der Waals surface area (Å²) in [6, 6.07) is 21.0. The number of anilines is 1. The first kappa shape index (κ1) is 13.6. The topological polar surface area (TPSA) is 24.9 Å². The van der Waals surface area contributed by atoms with Gasteiger partial charge in [0, 0.05) is 17.5 Å². The van der Waals surface area contributed by atoms with Crippen molar-refractivity contribution in [1.29, 1.82) is 0 Å². The molecule has 0 amide bonds. The van der Waals surface area contributed by atoms with Crippen LogP contribution in [0.3, 0.4) is 0 Å². The van der Waals surface area contributed by atoms with Crippen LogP contribution in [0.1, 0.15) is 19.8 Å². The van der Waals surface area contributed by atoms with Gasteiger partial charge < -0.3 is 5.32 Å². The summed E-state index contributed by atoms with van der Waals surface area (Å²) in [5.74, 6) is 0.980. The molecule has 3 aromatic rings. The maximum atomic E-state index is 4.81. The highest BCUT2D eigenvalue weighted by molar-refractivity contribution is 5.89. The van der Waals surface area contributed by atoms with Gasteiger partial charge in [-0.1, -0.05) is 61.9 Å². The summed E-state index contributed by atoms with van der Waals surface area (Å²) in [7, 11) is 0. The maximum Gasteiger partial charge on any atom is 0.134 e. The molecule has 2 heteroatoms. The van der Waals surface area contributed by atoms with Crippen LogP contribution in [0.4, 0.5) is 5.82 Å². The Morgan fingerprint density at radius 2 is 1.71 bits per heavy atom. The highest BCUT2D eigenvalue weighted by Gasteiger charge is 2.08. The number of hydrogen-bond donors (Lipinski definition) is 1. The standard InChI is InChI=1S/C19H20N2/c1-2-3-13-20-19-17(15-9-5-4-6-10-15)14-16-11-7-8-12-18(16)21-19/h4-12,14H,2-3,13H2,1H3,(H,20,21). The maximum absolute atomic E-state index is 4.81. The van der Waals surface area contributed by atoms with Gasteiger partial charge in [0.1, 0.15) is 5.82 Å². The van der Waals surface area contributed by atoms with Crippen LogP contribution >= 0.6 is 0 Å². The van der Waals surface area contributed by atoms with Gasteiger partial charge in [-0.25, -0.2) is 4.98 Å². The zero-order valence-electron chi connectivity index (χ0n) is 12.3. The van der Waals surface area contributed by atoms with Gasteiger partial charge in [0.2, 0.25) is 0 Å². The summed E-state index contributed by atoms with van der Waals surface area (Å²) in [6.45, 7) is 3.16. The van der Waals surface area contributed by atoms with Crippen LogP contribution in [0.5, 0.6) is 0 Å². The quantitative estimate of drug-likeness (QED) is 0.655. The normalized spacial score (nSPS) is 10.7. The lowest BCUT2D eigenvalue weighted by Gasteiger charge is -2.12. The summed E-state index contributed by atoms with van der Waals surface area (Å²) >= 11 is 0. The molecule has 0 atom stereocenters. The Balaban J connectivity index is 2.08. The Morgan fingerprint density at radius 3 is 2.52 bits per heavy atom. The SMILES string of the molecule is CCCCNc1nc2ccccc2cc1-c1ccccc1. The zero-order chi connectivity index (χ0) is 14.5. The van der Waals surface area contributed by atoms with Crippen LogP contribution in [0.2, 0.25) is 0 Å². The molecule has 0 bridgehead atoms. The van der Waals surface area contributed by atoms with E-state index < -0.39 is 0 Å². The molecular formula is C19H20N2. The smallest absolute Gasteiger partial charge is 0.134 e. The van der Waals surface area contributed by atoms with E-state index in [0.717, 1.165) is 24.3 Å². The number of nitrogens with one attached hydrogen (secondary N) is 1. The van der Waals surface area contributed by atoms with Gasteiger partial charge in [0.15, 0.2) is 0 Å². The number of unbranched alkanes of at least 4 members (excludes halogenated alkanes) is 1. The van der Waals surface area contributed by atoms with E-state index in [0.29, 0.717) is 0 Å². The van der Waals surface area contributed by atoms with Crippen molar-refractivity contribution in [1.82, 2.24) is 4.98 Å². The van der Waals surface area contributed by atoms with E-state index in [1.165, 1.54) is 22.9 Å². The number of fused-ring (bicyclic) bond motifs is 1. The number of pyridine rings is 1. The number of aromatic nitrogens is 1. The van der Waals surface area contributed by atoms with E-state index in [4.69, 9.17) is 4.98 Å². The molecule has 0 radical (unpaired) electrons. The number of hydrogen-bond acceptors (Lipinski definition) is 2. The van der Waals surface area contributed by atoms with Crippen LogP contribution in [0, 0.1) is 0 Å². The van der Waals surface area contributed by atoms with Crippen molar-refractivity contribution in [3.63, 3.8) is 0 Å². The Hall–Kier alpha value is -2.35. The molecule has 1 aromatic heterocycles. The van der Waals surface area contributed by atoms with Crippen LogP contribution in [0.25, 0.3) is 22.0 Å². The highest BCUT2D eigenvalue weighted by atomic mass is 15.0. The predicted octanol–water partition coefficient (Wildman–Crippen LogP) is 5.11. The van der Waals surface area contributed by atoms with Crippen molar-refractivity contribution in [2.24, 2.45) is 0 Å². The molecule has 0 unspecified atom stereocenters. The second kappa shape index (κ2) is 6.40. The second-order valence-corrected chi connectivity index (χ2v) is 5.22. The van der Waals surface area contributed by atoms with Crippen molar-refractivity contribution in [2.75, 3.05) is 11.9 Å². The Kier molecular flexibility index (Phi) is 4.15. The van der Waals surface area contributed by atoms with Crippen LogP contribution < -0.4 is 5.32 Å². The zero-order valence-corrected chi connectivity index (χ0v) is 12.3. The van der Waals surface area contributed by atoms with Gasteiger partial charge in [0.25, 0.3) is 0 Å². The summed E-state index contributed by atoms with van der Waals surface area (Å²) in [5.41, 5.74) is 3.41. The molecule has 2 nitrogen and oxygen atoms in total. The number of para-hydroxylation sites is 1. The summed E-state index contributed by atoms with van der Waals surface area (Å²) < 4.78 is 0. The molecule has 0 saturated heterocycles. The van der Waals surface area contributed by atoms with Crippen LogP contribution in [0.15, 0.2) is 60.7 Å².